The van der Waals surface area contributed by atoms with Crippen molar-refractivity contribution < 1.29 is 9.47 Å². The van der Waals surface area contributed by atoms with Crippen LogP contribution in [0.3, 0.4) is 0 Å². The van der Waals surface area contributed by atoms with E-state index in [2.05, 4.69) is 18.7 Å². The number of nitrogens with zero attached hydrogens (tertiary/aromatic N) is 1. The molecule has 0 radical (unpaired) electrons. The molecule has 21 heavy (non-hydrogen) atoms. The Hall–Kier alpha value is 0.190. The van der Waals surface area contributed by atoms with Gasteiger partial charge in [-0.25, -0.2) is 0 Å². The van der Waals surface area contributed by atoms with Gasteiger partial charge in [-0.05, 0) is 44.8 Å². The van der Waals surface area contributed by atoms with E-state index < -0.39 is 0 Å². The topological polar surface area (TPSA) is 47.7 Å². The fourth-order valence-corrected chi connectivity index (χ4v) is 5.54. The molecule has 122 valence electrons. The lowest BCUT2D eigenvalue weighted by Crippen LogP contribution is -2.62. The molecule has 3 heterocycles. The zero-order chi connectivity index (χ0) is 14.9. The number of thioether (sulfide) groups is 1. The highest BCUT2D eigenvalue weighted by Gasteiger charge is 2.46. The Balaban J connectivity index is 1.66. The highest BCUT2D eigenvalue weighted by Crippen LogP contribution is 2.42. The smallest absolute Gasteiger partial charge is 0.0783 e. The highest BCUT2D eigenvalue weighted by atomic mass is 32.2. The third kappa shape index (κ3) is 3.27. The normalized spacial score (nSPS) is 37.0. The van der Waals surface area contributed by atoms with Gasteiger partial charge in [-0.2, -0.15) is 11.8 Å². The maximum Gasteiger partial charge on any atom is 0.0783 e. The monoisotopic (exact) mass is 314 g/mol. The van der Waals surface area contributed by atoms with Crippen LogP contribution in [-0.4, -0.2) is 66.5 Å². The molecule has 0 aromatic carbocycles. The molecule has 2 N–H and O–H groups in total. The Labute approximate surface area is 133 Å². The molecule has 0 saturated carbocycles. The van der Waals surface area contributed by atoms with Crippen LogP contribution in [0.1, 0.15) is 33.1 Å². The number of nitrogens with two attached hydrogens (primary N) is 1. The van der Waals surface area contributed by atoms with Crippen LogP contribution in [0.25, 0.3) is 0 Å². The summed E-state index contributed by atoms with van der Waals surface area (Å²) in [4.78, 5) is 2.52. The van der Waals surface area contributed by atoms with Crippen LogP contribution in [0.5, 0.6) is 0 Å². The molecule has 0 aliphatic carbocycles. The largest absolute Gasteiger partial charge is 0.379 e. The highest BCUT2D eigenvalue weighted by molar-refractivity contribution is 7.99. The minimum Gasteiger partial charge on any atom is -0.379 e. The van der Waals surface area contributed by atoms with Crippen LogP contribution in [0, 0.1) is 5.92 Å². The van der Waals surface area contributed by atoms with Crippen molar-refractivity contribution in [2.45, 2.75) is 50.3 Å². The molecular formula is C16H30N2O2S. The van der Waals surface area contributed by atoms with E-state index in [1.54, 1.807) is 0 Å². The second kappa shape index (κ2) is 6.36. The summed E-state index contributed by atoms with van der Waals surface area (Å²) in [5, 5.41) is 0. The van der Waals surface area contributed by atoms with Gasteiger partial charge in [0.15, 0.2) is 0 Å². The van der Waals surface area contributed by atoms with Gasteiger partial charge in [0.25, 0.3) is 0 Å². The van der Waals surface area contributed by atoms with Crippen molar-refractivity contribution in [1.29, 1.82) is 0 Å². The summed E-state index contributed by atoms with van der Waals surface area (Å²) in [6.45, 7) is 9.20. The summed E-state index contributed by atoms with van der Waals surface area (Å²) < 4.78 is 11.6. The molecule has 4 nitrogen and oxygen atoms in total. The first-order valence-corrected chi connectivity index (χ1v) is 9.49. The summed E-state index contributed by atoms with van der Waals surface area (Å²) in [6.07, 6.45) is 3.47. The number of rotatable bonds is 3. The Morgan fingerprint density at radius 3 is 2.71 bits per heavy atom. The van der Waals surface area contributed by atoms with Crippen molar-refractivity contribution in [3.05, 3.63) is 0 Å². The minimum atomic E-state index is 0.0404. The zero-order valence-corrected chi connectivity index (χ0v) is 14.3. The number of hydrogen-bond donors (Lipinski definition) is 1. The predicted octanol–water partition coefficient (Wildman–Crippen LogP) is 1.73. The molecule has 0 aromatic heterocycles. The molecule has 3 aliphatic heterocycles. The summed E-state index contributed by atoms with van der Waals surface area (Å²) in [6, 6.07) is 0.210. The minimum absolute atomic E-state index is 0.0404. The quantitative estimate of drug-likeness (QED) is 0.859. The number of morpholine rings is 1. The Bertz CT molecular complexity index is 352. The van der Waals surface area contributed by atoms with Crippen molar-refractivity contribution in [2.24, 2.45) is 11.7 Å². The lowest BCUT2D eigenvalue weighted by Gasteiger charge is -2.49. The maximum atomic E-state index is 6.76. The van der Waals surface area contributed by atoms with Gasteiger partial charge in [0.2, 0.25) is 0 Å². The Morgan fingerprint density at radius 2 is 2.05 bits per heavy atom. The molecule has 3 unspecified atom stereocenters. The van der Waals surface area contributed by atoms with E-state index in [0.717, 1.165) is 51.5 Å². The van der Waals surface area contributed by atoms with E-state index in [1.807, 2.05) is 11.8 Å². The molecule has 3 saturated heterocycles. The van der Waals surface area contributed by atoms with Crippen LogP contribution in [-0.2, 0) is 9.47 Å². The van der Waals surface area contributed by atoms with E-state index in [0.29, 0.717) is 5.92 Å². The van der Waals surface area contributed by atoms with Gasteiger partial charge in [-0.1, -0.05) is 0 Å². The molecule has 5 heteroatoms. The molecule has 3 aliphatic rings. The summed E-state index contributed by atoms with van der Waals surface area (Å²) in [5.41, 5.74) is 6.93. The maximum absolute atomic E-state index is 6.76. The SMILES string of the molecule is CC(C)(C(N)C1CCOC2(CCSC2)C1)N1CCOCC1. The molecule has 0 amide bonds. The van der Waals surface area contributed by atoms with Gasteiger partial charge in [0.05, 0.1) is 18.8 Å². The average molecular weight is 314 g/mol. The van der Waals surface area contributed by atoms with E-state index >= 15 is 0 Å². The van der Waals surface area contributed by atoms with Crippen molar-refractivity contribution in [3.8, 4) is 0 Å². The first-order valence-electron chi connectivity index (χ1n) is 8.34. The summed E-state index contributed by atoms with van der Waals surface area (Å²) in [7, 11) is 0. The van der Waals surface area contributed by atoms with Crippen molar-refractivity contribution in [2.75, 3.05) is 44.4 Å². The third-order valence-corrected chi connectivity index (χ3v) is 6.97. The van der Waals surface area contributed by atoms with Crippen LogP contribution < -0.4 is 5.73 Å². The Kier molecular flexibility index (Phi) is 4.86. The van der Waals surface area contributed by atoms with Gasteiger partial charge >= 0.3 is 0 Å². The van der Waals surface area contributed by atoms with Gasteiger partial charge in [0.1, 0.15) is 0 Å². The lowest BCUT2D eigenvalue weighted by atomic mass is 9.75. The van der Waals surface area contributed by atoms with Crippen LogP contribution in [0.2, 0.25) is 0 Å². The molecule has 0 bridgehead atoms. The zero-order valence-electron chi connectivity index (χ0n) is 13.5. The summed E-state index contributed by atoms with van der Waals surface area (Å²) in [5.74, 6) is 2.98. The number of hydrogen-bond acceptors (Lipinski definition) is 5. The fraction of sp³-hybridized carbons (Fsp3) is 1.00. The van der Waals surface area contributed by atoms with E-state index in [9.17, 15) is 0 Å². The molecule has 0 aromatic rings. The van der Waals surface area contributed by atoms with Crippen LogP contribution in [0.4, 0.5) is 0 Å². The number of ether oxygens (including phenoxy) is 2. The predicted molar refractivity (Wildman–Crippen MR) is 87.8 cm³/mol. The first kappa shape index (κ1) is 16.1. The van der Waals surface area contributed by atoms with Crippen LogP contribution in [0.15, 0.2) is 0 Å². The van der Waals surface area contributed by atoms with E-state index in [4.69, 9.17) is 15.2 Å². The molecule has 3 rings (SSSR count). The van der Waals surface area contributed by atoms with E-state index in [-0.39, 0.29) is 17.2 Å². The standard InChI is InChI=1S/C16H30N2O2S/c1-15(2,18-5-8-19-9-6-18)14(17)13-3-7-20-16(11-13)4-10-21-12-16/h13-14H,3-12,17H2,1-2H3. The molecule has 3 fully saturated rings. The van der Waals surface area contributed by atoms with Crippen molar-refractivity contribution in [3.63, 3.8) is 0 Å². The van der Waals surface area contributed by atoms with E-state index in [1.165, 1.54) is 12.2 Å². The molecule has 1 spiro atoms. The van der Waals surface area contributed by atoms with Crippen LogP contribution >= 0.6 is 11.8 Å². The fourth-order valence-electron chi connectivity index (χ4n) is 4.16. The van der Waals surface area contributed by atoms with Crippen molar-refractivity contribution >= 4 is 11.8 Å². The first-order chi connectivity index (χ1) is 10.0. The van der Waals surface area contributed by atoms with Gasteiger partial charge in [-0.15, -0.1) is 0 Å². The average Bonchev–Trinajstić information content (AvgIpc) is 2.95. The second-order valence-electron chi connectivity index (χ2n) is 7.37. The van der Waals surface area contributed by atoms with Gasteiger partial charge < -0.3 is 15.2 Å². The lowest BCUT2D eigenvalue weighted by molar-refractivity contribution is -0.0969. The summed E-state index contributed by atoms with van der Waals surface area (Å²) >= 11 is 2.04. The van der Waals surface area contributed by atoms with Gasteiger partial charge in [-0.3, -0.25) is 4.90 Å². The third-order valence-electron chi connectivity index (χ3n) is 5.75. The van der Waals surface area contributed by atoms with Gasteiger partial charge in [0, 0.05) is 37.0 Å². The van der Waals surface area contributed by atoms with Crippen molar-refractivity contribution in [1.82, 2.24) is 4.90 Å². The Morgan fingerprint density at radius 1 is 1.29 bits per heavy atom. The molecule has 3 atom stereocenters. The molecular weight excluding hydrogens is 284 g/mol. The second-order valence-corrected chi connectivity index (χ2v) is 8.47.